The van der Waals surface area contributed by atoms with Crippen molar-refractivity contribution in [1.29, 1.82) is 0 Å². The molecule has 2 aromatic carbocycles. The van der Waals surface area contributed by atoms with Gasteiger partial charge in [-0.1, -0.05) is 61.9 Å². The first-order chi connectivity index (χ1) is 29.1. The number of methoxy groups -OCH3 is 2. The molecular formula is C46H56ClN5O9. The number of carbonyl (C=O) groups is 5. The normalized spacial score (nSPS) is 27.2. The van der Waals surface area contributed by atoms with E-state index >= 15 is 0 Å². The average molecular weight is 858 g/mol. The molecule has 0 aromatic heterocycles. The summed E-state index contributed by atoms with van der Waals surface area (Å²) >= 11 is 6.06. The first-order valence-corrected chi connectivity index (χ1v) is 20.7. The quantitative estimate of drug-likeness (QED) is 0.203. The van der Waals surface area contributed by atoms with Gasteiger partial charge >= 0.3 is 6.09 Å². The van der Waals surface area contributed by atoms with E-state index in [1.165, 1.54) is 33.3 Å². The summed E-state index contributed by atoms with van der Waals surface area (Å²) in [6.45, 7) is 11.0. The molecule has 3 aliphatic rings. The number of nitrogens with two attached hydrogens (primary N) is 1. The van der Waals surface area contributed by atoms with E-state index in [-0.39, 0.29) is 41.3 Å². The van der Waals surface area contributed by atoms with Gasteiger partial charge in [0.15, 0.2) is 6.10 Å². The number of fused-ring (bicyclic) bond motifs is 2. The summed E-state index contributed by atoms with van der Waals surface area (Å²) in [5.41, 5.74) is 8.17. The minimum absolute atomic E-state index is 0.00898. The molecule has 3 amide bonds. The fourth-order valence-electron chi connectivity index (χ4n) is 7.74. The Morgan fingerprint density at radius 1 is 0.967 bits per heavy atom. The second-order valence-corrected chi connectivity index (χ2v) is 16.3. The van der Waals surface area contributed by atoms with Gasteiger partial charge in [-0.15, -0.1) is 0 Å². The number of aliphatic hydroxyl groups excluding tert-OH is 1. The van der Waals surface area contributed by atoms with Crippen molar-refractivity contribution in [3.05, 3.63) is 123 Å². The van der Waals surface area contributed by atoms with Crippen LogP contribution in [0.3, 0.4) is 0 Å². The molecule has 61 heavy (non-hydrogen) atoms. The van der Waals surface area contributed by atoms with E-state index in [0.29, 0.717) is 22.7 Å². The van der Waals surface area contributed by atoms with Gasteiger partial charge in [-0.2, -0.15) is 0 Å². The number of ether oxygens (including phenoxy) is 3. The highest BCUT2D eigenvalue weighted by atomic mass is 35.5. The number of allylic oxidation sites excluding steroid dienone is 4. The van der Waals surface area contributed by atoms with E-state index in [0.717, 1.165) is 43.5 Å². The predicted molar refractivity (Wildman–Crippen MR) is 232 cm³/mol. The van der Waals surface area contributed by atoms with Crippen LogP contribution in [0.4, 0.5) is 10.5 Å². The number of benzene rings is 2. The summed E-state index contributed by atoms with van der Waals surface area (Å²) in [5.74, 6) is -3.39. The van der Waals surface area contributed by atoms with Gasteiger partial charge in [0.25, 0.3) is 11.8 Å². The van der Waals surface area contributed by atoms with Crippen LogP contribution in [0.5, 0.6) is 0 Å². The Balaban J connectivity index is 1.36. The molecule has 6 atom stereocenters. The Bertz CT molecular complexity index is 2100. The molecule has 1 saturated heterocycles. The summed E-state index contributed by atoms with van der Waals surface area (Å²) in [6.07, 6.45) is 2.99. The maximum Gasteiger partial charge on any atom is 0.405 e. The molecule has 15 heteroatoms. The zero-order valence-electron chi connectivity index (χ0n) is 35.5. The van der Waals surface area contributed by atoms with Crippen molar-refractivity contribution in [3.63, 3.8) is 0 Å². The lowest BCUT2D eigenvalue weighted by atomic mass is 9.85. The number of halogens is 1. The second-order valence-electron chi connectivity index (χ2n) is 15.8. The third-order valence-corrected chi connectivity index (χ3v) is 11.5. The predicted octanol–water partition coefficient (Wildman–Crippen LogP) is 5.17. The number of Topliss-reactive ketones (excluding diaryl/α,β-unsaturated/α-hetero) is 1. The molecule has 1 aliphatic carbocycles. The molecule has 0 unspecified atom stereocenters. The van der Waals surface area contributed by atoms with E-state index in [1.807, 2.05) is 43.3 Å². The summed E-state index contributed by atoms with van der Waals surface area (Å²) in [5, 5.41) is 17.5. The Labute approximate surface area is 362 Å². The van der Waals surface area contributed by atoms with Gasteiger partial charge in [0.05, 0.1) is 23.6 Å². The van der Waals surface area contributed by atoms with Gasteiger partial charge in [-0.25, -0.2) is 4.79 Å². The van der Waals surface area contributed by atoms with Gasteiger partial charge in [0, 0.05) is 86.4 Å². The summed E-state index contributed by atoms with van der Waals surface area (Å²) < 4.78 is 16.8. The van der Waals surface area contributed by atoms with Crippen LogP contribution in [0.1, 0.15) is 56.5 Å². The first-order valence-electron chi connectivity index (χ1n) is 20.3. The van der Waals surface area contributed by atoms with Crippen LogP contribution >= 0.6 is 11.6 Å². The molecule has 1 fully saturated rings. The van der Waals surface area contributed by atoms with Crippen molar-refractivity contribution in [1.82, 2.24) is 15.5 Å². The van der Waals surface area contributed by atoms with Gasteiger partial charge in [-0.05, 0) is 80.1 Å². The highest BCUT2D eigenvalue weighted by Gasteiger charge is 2.34. The van der Waals surface area contributed by atoms with Crippen molar-refractivity contribution in [2.45, 2.75) is 71.5 Å². The molecule has 2 aliphatic heterocycles. The molecule has 0 spiro atoms. The molecule has 2 aromatic rings. The number of nitrogens with zero attached hydrogens (tertiary/aromatic N) is 2. The molecule has 5 N–H and O–H groups in total. The van der Waals surface area contributed by atoms with Crippen LogP contribution < -0.4 is 21.3 Å². The first kappa shape index (κ1) is 46.7. The second kappa shape index (κ2) is 21.4. The average Bonchev–Trinajstić information content (AvgIpc) is 3.23. The minimum Gasteiger partial charge on any atom is -0.439 e. The SMILES string of the molecule is CO[C@H]1/C=C\C=C(/C)C(=O)NC2=CC(=O)C(NC(=O)c3ccc(CN4CCN(c5ccc(Cl)cc5)CC4)cc3)=C(C[C@@H](C)C[C@H](OC)[C@H](O)[C@@H](C)/C=C(\C)[C@@H]1OC(N)=O)C2=O. The highest BCUT2D eigenvalue weighted by Crippen LogP contribution is 2.29. The van der Waals surface area contributed by atoms with Crippen molar-refractivity contribution in [3.8, 4) is 0 Å². The third-order valence-electron chi connectivity index (χ3n) is 11.2. The zero-order valence-corrected chi connectivity index (χ0v) is 36.2. The number of hydrogen-bond donors (Lipinski definition) is 4. The number of aliphatic hydroxyl groups is 1. The maximum absolute atomic E-state index is 14.1. The maximum atomic E-state index is 14.1. The van der Waals surface area contributed by atoms with Gasteiger partial charge in [0.1, 0.15) is 6.10 Å². The molecule has 2 heterocycles. The molecule has 326 valence electrons. The number of rotatable bonds is 8. The zero-order chi connectivity index (χ0) is 44.4. The Hall–Kier alpha value is -5.38. The van der Waals surface area contributed by atoms with E-state index in [2.05, 4.69) is 20.4 Å². The number of carbonyl (C=O) groups excluding carboxylic acids is 5. The standard InChI is InChI=1S/C46H56ClN5O9/c1-27-22-35-40(50-45(57)32-12-10-31(11-13-32)26-51-18-20-52(21-19-51)34-16-14-33(47)15-17-34)37(53)25-36(42(35)55)49-44(56)28(2)8-7-9-38(59-5)43(61-46(48)58)30(4)24-29(3)41(54)39(23-27)60-6/h7-17,24-25,27,29,38-39,41,43,54H,18-23,26H2,1-6H3,(H2,48,58)(H,49,56)(H,50,57)/b9-7-,28-8+,30-24+/t27-,29+,38+,39+,41-,43+/m1/s1. The van der Waals surface area contributed by atoms with E-state index in [9.17, 15) is 29.1 Å². The summed E-state index contributed by atoms with van der Waals surface area (Å²) in [6, 6.07) is 15.0. The lowest BCUT2D eigenvalue weighted by molar-refractivity contribution is -0.120. The van der Waals surface area contributed by atoms with Crippen LogP contribution in [0.25, 0.3) is 0 Å². The monoisotopic (exact) mass is 857 g/mol. The summed E-state index contributed by atoms with van der Waals surface area (Å²) in [4.78, 5) is 71.5. The Morgan fingerprint density at radius 2 is 1.64 bits per heavy atom. The number of primary amides is 1. The number of anilines is 1. The van der Waals surface area contributed by atoms with Crippen molar-refractivity contribution >= 4 is 46.8 Å². The Morgan fingerprint density at radius 3 is 2.26 bits per heavy atom. The number of hydrogen-bond acceptors (Lipinski definition) is 11. The largest absolute Gasteiger partial charge is 0.439 e. The van der Waals surface area contributed by atoms with E-state index < -0.39 is 59.8 Å². The third kappa shape index (κ3) is 12.4. The lowest BCUT2D eigenvalue weighted by Crippen LogP contribution is -2.45. The topological polar surface area (TPSA) is 190 Å². The van der Waals surface area contributed by atoms with E-state index in [1.54, 1.807) is 38.1 Å². The molecule has 14 nitrogen and oxygen atoms in total. The van der Waals surface area contributed by atoms with Crippen molar-refractivity contribution in [2.75, 3.05) is 45.3 Å². The molecule has 0 radical (unpaired) electrons. The fraction of sp³-hybridized carbons (Fsp3) is 0.413. The number of amides is 3. The molecular weight excluding hydrogens is 802 g/mol. The number of nitrogens with one attached hydrogen (secondary N) is 2. The smallest absolute Gasteiger partial charge is 0.405 e. The van der Waals surface area contributed by atoms with Crippen molar-refractivity contribution in [2.24, 2.45) is 17.6 Å². The lowest BCUT2D eigenvalue weighted by Gasteiger charge is -2.36. The highest BCUT2D eigenvalue weighted by molar-refractivity contribution is 6.30. The molecule has 5 rings (SSSR count). The Kier molecular flexibility index (Phi) is 16.4. The van der Waals surface area contributed by atoms with Crippen LogP contribution in [0.15, 0.2) is 107 Å². The van der Waals surface area contributed by atoms with Gasteiger partial charge < -0.3 is 40.6 Å². The fourth-order valence-corrected chi connectivity index (χ4v) is 7.87. The van der Waals surface area contributed by atoms with Gasteiger partial charge in [-0.3, -0.25) is 24.1 Å². The van der Waals surface area contributed by atoms with Crippen LogP contribution in [0, 0.1) is 11.8 Å². The van der Waals surface area contributed by atoms with Gasteiger partial charge in [0.2, 0.25) is 11.6 Å². The van der Waals surface area contributed by atoms with Crippen molar-refractivity contribution < 1.29 is 43.3 Å². The number of ketones is 2. The molecule has 2 bridgehead atoms. The van der Waals surface area contributed by atoms with Crippen LogP contribution in [-0.2, 0) is 35.1 Å². The van der Waals surface area contributed by atoms with Crippen LogP contribution in [0.2, 0.25) is 5.02 Å². The molecule has 0 saturated carbocycles. The van der Waals surface area contributed by atoms with Crippen LogP contribution in [-0.4, -0.2) is 104 Å². The van der Waals surface area contributed by atoms with E-state index in [4.69, 9.17) is 31.5 Å². The number of piperazine rings is 1. The summed E-state index contributed by atoms with van der Waals surface area (Å²) in [7, 11) is 2.88. The minimum atomic E-state index is -1.05.